The van der Waals surface area contributed by atoms with Crippen molar-refractivity contribution in [2.75, 3.05) is 19.5 Å². The Hall–Kier alpha value is -2.34. The van der Waals surface area contributed by atoms with Gasteiger partial charge in [-0.25, -0.2) is 0 Å². The van der Waals surface area contributed by atoms with Gasteiger partial charge in [0, 0.05) is 6.54 Å². The molecule has 0 saturated heterocycles. The molecule has 0 radical (unpaired) electrons. The molecule has 1 aromatic heterocycles. The summed E-state index contributed by atoms with van der Waals surface area (Å²) in [5.74, 6) is 1.42. The number of ether oxygens (including phenoxy) is 2. The van der Waals surface area contributed by atoms with E-state index in [2.05, 4.69) is 10.3 Å². The van der Waals surface area contributed by atoms with Crippen molar-refractivity contribution in [1.82, 2.24) is 4.98 Å². The highest BCUT2D eigenvalue weighted by molar-refractivity contribution is 7.80. The number of nitrogens with one attached hydrogen (secondary N) is 1. The number of rotatable bonds is 6. The van der Waals surface area contributed by atoms with Crippen molar-refractivity contribution >= 4 is 22.9 Å². The molecule has 5 nitrogen and oxygen atoms in total. The smallest absolute Gasteiger partial charge is 0.161 e. The summed E-state index contributed by atoms with van der Waals surface area (Å²) in [6, 6.07) is 9.47. The van der Waals surface area contributed by atoms with Crippen LogP contribution in [0.1, 0.15) is 11.3 Å². The first-order chi connectivity index (χ1) is 10.1. The number of thiocarbonyl (C=S) groups is 1. The molecule has 2 rings (SSSR count). The van der Waals surface area contributed by atoms with Crippen molar-refractivity contribution in [2.45, 2.75) is 6.54 Å². The lowest BCUT2D eigenvalue weighted by molar-refractivity contribution is 0.354. The minimum Gasteiger partial charge on any atom is -0.493 e. The quantitative estimate of drug-likeness (QED) is 0.798. The molecule has 0 fully saturated rings. The van der Waals surface area contributed by atoms with Crippen LogP contribution in [0.2, 0.25) is 0 Å². The second-order valence-corrected chi connectivity index (χ2v) is 4.78. The zero-order valence-electron chi connectivity index (χ0n) is 11.9. The van der Waals surface area contributed by atoms with Crippen LogP contribution in [0.15, 0.2) is 36.5 Å². The lowest BCUT2D eigenvalue weighted by Gasteiger charge is -2.11. The highest BCUT2D eigenvalue weighted by atomic mass is 32.1. The molecule has 0 amide bonds. The van der Waals surface area contributed by atoms with E-state index >= 15 is 0 Å². The van der Waals surface area contributed by atoms with Gasteiger partial charge in [-0.1, -0.05) is 18.3 Å². The molecule has 0 aliphatic carbocycles. The maximum absolute atomic E-state index is 5.51. The number of anilines is 1. The minimum absolute atomic E-state index is 0.293. The molecule has 0 bridgehead atoms. The average Bonchev–Trinajstić information content (AvgIpc) is 2.52. The van der Waals surface area contributed by atoms with Gasteiger partial charge in [-0.2, -0.15) is 0 Å². The number of benzene rings is 1. The van der Waals surface area contributed by atoms with E-state index in [-0.39, 0.29) is 0 Å². The summed E-state index contributed by atoms with van der Waals surface area (Å²) >= 11 is 4.87. The van der Waals surface area contributed by atoms with E-state index in [0.717, 1.165) is 11.3 Å². The first-order valence-electron chi connectivity index (χ1n) is 6.34. The van der Waals surface area contributed by atoms with Gasteiger partial charge in [-0.15, -0.1) is 0 Å². The topological polar surface area (TPSA) is 69.4 Å². The van der Waals surface area contributed by atoms with Gasteiger partial charge >= 0.3 is 0 Å². The third-order valence-corrected chi connectivity index (χ3v) is 3.17. The largest absolute Gasteiger partial charge is 0.493 e. The van der Waals surface area contributed by atoms with Crippen LogP contribution in [0.4, 0.5) is 5.69 Å². The Labute approximate surface area is 129 Å². The maximum atomic E-state index is 5.51. The third kappa shape index (κ3) is 3.82. The number of aromatic nitrogens is 1. The standard InChI is InChI=1S/C15H17N3O2S/c1-19-13-6-3-10(7-14(13)20-2)8-17-11-4-5-12(15(16)21)18-9-11/h3-7,9,17H,8H2,1-2H3,(H2,16,21). The minimum atomic E-state index is 0.293. The zero-order chi connectivity index (χ0) is 15.2. The third-order valence-electron chi connectivity index (χ3n) is 2.96. The van der Waals surface area contributed by atoms with Crippen LogP contribution >= 0.6 is 12.2 Å². The van der Waals surface area contributed by atoms with E-state index in [1.165, 1.54) is 0 Å². The summed E-state index contributed by atoms with van der Waals surface area (Å²) in [6.45, 7) is 0.647. The Morgan fingerprint density at radius 2 is 1.95 bits per heavy atom. The van der Waals surface area contributed by atoms with Crippen LogP contribution < -0.4 is 20.5 Å². The highest BCUT2D eigenvalue weighted by Gasteiger charge is 2.04. The highest BCUT2D eigenvalue weighted by Crippen LogP contribution is 2.27. The molecule has 1 heterocycles. The first-order valence-corrected chi connectivity index (χ1v) is 6.75. The molecule has 0 unspecified atom stereocenters. The lowest BCUT2D eigenvalue weighted by atomic mass is 10.2. The summed E-state index contributed by atoms with van der Waals surface area (Å²) in [5.41, 5.74) is 8.09. The number of methoxy groups -OCH3 is 2. The number of nitrogens with two attached hydrogens (primary N) is 1. The van der Waals surface area contributed by atoms with Crippen LogP contribution in [-0.4, -0.2) is 24.2 Å². The number of hydrogen-bond donors (Lipinski definition) is 2. The summed E-state index contributed by atoms with van der Waals surface area (Å²) in [7, 11) is 3.23. The van der Waals surface area contributed by atoms with Crippen molar-refractivity contribution in [3.05, 3.63) is 47.8 Å². The van der Waals surface area contributed by atoms with Gasteiger partial charge < -0.3 is 20.5 Å². The normalized spacial score (nSPS) is 10.0. The molecule has 21 heavy (non-hydrogen) atoms. The van der Waals surface area contributed by atoms with E-state index in [1.807, 2.05) is 24.3 Å². The number of nitrogens with zero attached hydrogens (tertiary/aromatic N) is 1. The fourth-order valence-electron chi connectivity index (χ4n) is 1.84. The molecule has 0 spiro atoms. The molecule has 0 aliphatic heterocycles. The summed E-state index contributed by atoms with van der Waals surface area (Å²) < 4.78 is 10.5. The van der Waals surface area contributed by atoms with Crippen molar-refractivity contribution in [1.29, 1.82) is 0 Å². The summed E-state index contributed by atoms with van der Waals surface area (Å²) in [4.78, 5) is 4.47. The molecule has 6 heteroatoms. The van der Waals surface area contributed by atoms with Gasteiger partial charge in [0.05, 0.1) is 31.8 Å². The van der Waals surface area contributed by atoms with E-state index in [4.69, 9.17) is 27.4 Å². The van der Waals surface area contributed by atoms with Crippen molar-refractivity contribution < 1.29 is 9.47 Å². The van der Waals surface area contributed by atoms with E-state index in [1.54, 1.807) is 26.5 Å². The monoisotopic (exact) mass is 303 g/mol. The van der Waals surface area contributed by atoms with Gasteiger partial charge in [-0.3, -0.25) is 4.98 Å². The molecule has 2 aromatic rings. The Bertz CT molecular complexity index is 629. The molecule has 0 atom stereocenters. The molecule has 0 saturated carbocycles. The van der Waals surface area contributed by atoms with E-state index in [9.17, 15) is 0 Å². The predicted octanol–water partition coefficient (Wildman–Crippen LogP) is 2.35. The van der Waals surface area contributed by atoms with Crippen molar-refractivity contribution in [2.24, 2.45) is 5.73 Å². The van der Waals surface area contributed by atoms with Crippen molar-refractivity contribution in [3.63, 3.8) is 0 Å². The van der Waals surface area contributed by atoms with Crippen LogP contribution in [0.25, 0.3) is 0 Å². The van der Waals surface area contributed by atoms with Gasteiger partial charge in [0.25, 0.3) is 0 Å². The van der Waals surface area contributed by atoms with Crippen LogP contribution in [0.5, 0.6) is 11.5 Å². The van der Waals surface area contributed by atoms with Crippen LogP contribution in [0, 0.1) is 0 Å². The van der Waals surface area contributed by atoms with E-state index < -0.39 is 0 Å². The lowest BCUT2D eigenvalue weighted by Crippen LogP contribution is -2.11. The molecular weight excluding hydrogens is 286 g/mol. The SMILES string of the molecule is COc1ccc(CNc2ccc(C(N)=S)nc2)cc1OC. The maximum Gasteiger partial charge on any atom is 0.161 e. The average molecular weight is 303 g/mol. The Morgan fingerprint density at radius 1 is 1.19 bits per heavy atom. The zero-order valence-corrected chi connectivity index (χ0v) is 12.7. The molecule has 3 N–H and O–H groups in total. The van der Waals surface area contributed by atoms with Gasteiger partial charge in [0.15, 0.2) is 11.5 Å². The van der Waals surface area contributed by atoms with Gasteiger partial charge in [0.2, 0.25) is 0 Å². The van der Waals surface area contributed by atoms with Crippen molar-refractivity contribution in [3.8, 4) is 11.5 Å². The summed E-state index contributed by atoms with van der Waals surface area (Å²) in [6.07, 6.45) is 1.70. The Kier molecular flexibility index (Phi) is 4.94. The first kappa shape index (κ1) is 15.1. The number of pyridine rings is 1. The van der Waals surface area contributed by atoms with Gasteiger partial charge in [0.1, 0.15) is 4.99 Å². The molecule has 0 aliphatic rings. The second-order valence-electron chi connectivity index (χ2n) is 4.34. The molecular formula is C15H17N3O2S. The molecule has 110 valence electrons. The Balaban J connectivity index is 2.04. The number of hydrogen-bond acceptors (Lipinski definition) is 5. The second kappa shape index (κ2) is 6.90. The summed E-state index contributed by atoms with van der Waals surface area (Å²) in [5, 5.41) is 3.27. The van der Waals surface area contributed by atoms with E-state index in [0.29, 0.717) is 28.7 Å². The Morgan fingerprint density at radius 3 is 2.52 bits per heavy atom. The van der Waals surface area contributed by atoms with Gasteiger partial charge in [-0.05, 0) is 29.8 Å². The van der Waals surface area contributed by atoms with Crippen LogP contribution in [0.3, 0.4) is 0 Å². The van der Waals surface area contributed by atoms with Crippen LogP contribution in [-0.2, 0) is 6.54 Å². The predicted molar refractivity (Wildman–Crippen MR) is 87.0 cm³/mol. The fourth-order valence-corrected chi connectivity index (χ4v) is 1.96. The fraction of sp³-hybridized carbons (Fsp3) is 0.200. The molecule has 1 aromatic carbocycles.